The van der Waals surface area contributed by atoms with Crippen molar-refractivity contribution in [1.82, 2.24) is 0 Å². The van der Waals surface area contributed by atoms with E-state index in [0.29, 0.717) is 0 Å². The summed E-state index contributed by atoms with van der Waals surface area (Å²) in [5, 5.41) is 2.02. The second-order valence-electron chi connectivity index (χ2n) is 4.66. The molecule has 0 aliphatic carbocycles. The topological polar surface area (TPSA) is 64.6 Å². The van der Waals surface area contributed by atoms with Crippen molar-refractivity contribution in [3.8, 4) is 5.75 Å². The lowest BCUT2D eigenvalue weighted by Crippen LogP contribution is -2.20. The number of ether oxygens (including phenoxy) is 2. The Bertz CT molecular complexity index is 825. The quantitative estimate of drug-likeness (QED) is 0.518. The second kappa shape index (κ2) is 7.20. The fourth-order valence-electron chi connectivity index (χ4n) is 2.06. The van der Waals surface area contributed by atoms with E-state index in [4.69, 9.17) is 0 Å². The maximum Gasteiger partial charge on any atom is 0.339 e. The van der Waals surface area contributed by atoms with Crippen molar-refractivity contribution >= 4 is 17.6 Å². The van der Waals surface area contributed by atoms with Gasteiger partial charge in [-0.3, -0.25) is 4.79 Å². The zero-order valence-electron chi connectivity index (χ0n) is 13.0. The van der Waals surface area contributed by atoms with Crippen LogP contribution < -0.4 is 10.1 Å². The Labute approximate surface area is 139 Å². The molecule has 2 aromatic rings. The lowest BCUT2D eigenvalue weighted by molar-refractivity contribution is 0.0602. The molecule has 0 saturated heterocycles. The van der Waals surface area contributed by atoms with Gasteiger partial charge in [-0.05, 0) is 12.1 Å². The van der Waals surface area contributed by atoms with Crippen molar-refractivity contribution in [2.24, 2.45) is 0 Å². The normalized spacial score (nSPS) is 10.3. The van der Waals surface area contributed by atoms with Gasteiger partial charge in [0.1, 0.15) is 5.56 Å². The number of carbonyl (C=O) groups is 2. The largest absolute Gasteiger partial charge is 0.491 e. The van der Waals surface area contributed by atoms with Gasteiger partial charge in [0.2, 0.25) is 11.6 Å². The molecule has 9 heteroatoms. The summed E-state index contributed by atoms with van der Waals surface area (Å²) in [4.78, 5) is 23.7. The average Bonchev–Trinajstić information content (AvgIpc) is 2.60. The van der Waals surface area contributed by atoms with Gasteiger partial charge < -0.3 is 14.8 Å². The molecule has 1 N–H and O–H groups in total. The zero-order valence-corrected chi connectivity index (χ0v) is 13.0. The summed E-state index contributed by atoms with van der Waals surface area (Å²) in [6.45, 7) is 0. The van der Waals surface area contributed by atoms with E-state index in [-0.39, 0.29) is 11.3 Å². The first-order chi connectivity index (χ1) is 11.8. The van der Waals surface area contributed by atoms with E-state index in [0.717, 1.165) is 14.2 Å². The molecular formula is C16H11F4NO4. The SMILES string of the molecule is COC(=O)c1ccccc1NC(=O)c1c(F)c(F)c(OC)c(F)c1F. The maximum absolute atomic E-state index is 14.0. The van der Waals surface area contributed by atoms with Crippen LogP contribution in [0.4, 0.5) is 23.2 Å². The summed E-state index contributed by atoms with van der Waals surface area (Å²) in [6.07, 6.45) is 0. The van der Waals surface area contributed by atoms with Crippen LogP contribution in [0, 0.1) is 23.3 Å². The lowest BCUT2D eigenvalue weighted by atomic mass is 10.1. The number of rotatable bonds is 4. The van der Waals surface area contributed by atoms with E-state index < -0.39 is 46.5 Å². The molecule has 25 heavy (non-hydrogen) atoms. The molecule has 0 radical (unpaired) electrons. The highest BCUT2D eigenvalue weighted by molar-refractivity contribution is 6.08. The molecule has 5 nitrogen and oxygen atoms in total. The van der Waals surface area contributed by atoms with Crippen molar-refractivity contribution in [3.63, 3.8) is 0 Å². The lowest BCUT2D eigenvalue weighted by Gasteiger charge is -2.13. The highest BCUT2D eigenvalue weighted by Gasteiger charge is 2.30. The number of benzene rings is 2. The Morgan fingerprint density at radius 2 is 1.48 bits per heavy atom. The van der Waals surface area contributed by atoms with Crippen LogP contribution in [0.2, 0.25) is 0 Å². The van der Waals surface area contributed by atoms with Crippen LogP contribution in [0.5, 0.6) is 5.75 Å². The van der Waals surface area contributed by atoms with E-state index >= 15 is 0 Å². The summed E-state index contributed by atoms with van der Waals surface area (Å²) in [6, 6.07) is 5.40. The van der Waals surface area contributed by atoms with Gasteiger partial charge in [0, 0.05) is 0 Å². The molecule has 0 unspecified atom stereocenters. The Kier molecular flexibility index (Phi) is 5.26. The van der Waals surface area contributed by atoms with E-state index in [9.17, 15) is 27.2 Å². The van der Waals surface area contributed by atoms with Gasteiger partial charge in [-0.1, -0.05) is 12.1 Å². The third-order valence-corrected chi connectivity index (χ3v) is 3.23. The van der Waals surface area contributed by atoms with Gasteiger partial charge in [0.15, 0.2) is 17.4 Å². The Hall–Kier alpha value is -3.10. The predicted molar refractivity (Wildman–Crippen MR) is 78.6 cm³/mol. The average molecular weight is 357 g/mol. The van der Waals surface area contributed by atoms with E-state index in [2.05, 4.69) is 9.47 Å². The van der Waals surface area contributed by atoms with Crippen molar-refractivity contribution in [2.75, 3.05) is 19.5 Å². The Morgan fingerprint density at radius 1 is 0.920 bits per heavy atom. The highest BCUT2D eigenvalue weighted by atomic mass is 19.2. The minimum absolute atomic E-state index is 0.117. The van der Waals surface area contributed by atoms with E-state index in [1.54, 1.807) is 0 Å². The fourth-order valence-corrected chi connectivity index (χ4v) is 2.06. The number of halogens is 4. The molecule has 1 amide bonds. The number of carbonyl (C=O) groups excluding carboxylic acids is 2. The predicted octanol–water partition coefficient (Wildman–Crippen LogP) is 3.29. The minimum atomic E-state index is -1.93. The maximum atomic E-state index is 14.0. The molecule has 0 fully saturated rings. The summed E-state index contributed by atoms with van der Waals surface area (Å²) in [5.74, 6) is -11.2. The second-order valence-corrected chi connectivity index (χ2v) is 4.66. The van der Waals surface area contributed by atoms with Crippen molar-refractivity contribution in [1.29, 1.82) is 0 Å². The molecule has 132 valence electrons. The molecule has 2 rings (SSSR count). The number of hydrogen-bond donors (Lipinski definition) is 1. The number of hydrogen-bond acceptors (Lipinski definition) is 4. The molecular weight excluding hydrogens is 346 g/mol. The summed E-state index contributed by atoms with van der Waals surface area (Å²) < 4.78 is 64.1. The highest BCUT2D eigenvalue weighted by Crippen LogP contribution is 2.30. The number of nitrogens with one attached hydrogen (secondary N) is 1. The van der Waals surface area contributed by atoms with Gasteiger partial charge in [0.05, 0.1) is 25.5 Å². The van der Waals surface area contributed by atoms with E-state index in [1.165, 1.54) is 24.3 Å². The van der Waals surface area contributed by atoms with Crippen molar-refractivity contribution in [3.05, 3.63) is 58.7 Å². The molecule has 2 aromatic carbocycles. The molecule has 0 aliphatic heterocycles. The summed E-state index contributed by atoms with van der Waals surface area (Å²) >= 11 is 0. The van der Waals surface area contributed by atoms with Gasteiger partial charge >= 0.3 is 5.97 Å². The zero-order chi connectivity index (χ0) is 18.7. The van der Waals surface area contributed by atoms with Crippen molar-refractivity contribution in [2.45, 2.75) is 0 Å². The number of amides is 1. The molecule has 0 aromatic heterocycles. The summed E-state index contributed by atoms with van der Waals surface area (Å²) in [7, 11) is 1.90. The standard InChI is InChI=1S/C16H11F4NO4/c1-24-14-12(19)10(17)9(11(18)13(14)20)15(22)21-8-6-4-3-5-7(8)16(23)25-2/h3-6H,1-2H3,(H,21,22). The number of anilines is 1. The van der Waals surface area contributed by atoms with Gasteiger partial charge in [-0.25, -0.2) is 13.6 Å². The van der Waals surface area contributed by atoms with Crippen LogP contribution in [0.1, 0.15) is 20.7 Å². The van der Waals surface area contributed by atoms with E-state index in [1.807, 2.05) is 5.32 Å². The Balaban J connectivity index is 2.49. The van der Waals surface area contributed by atoms with Crippen LogP contribution in [0.25, 0.3) is 0 Å². The van der Waals surface area contributed by atoms with Crippen LogP contribution in [0.3, 0.4) is 0 Å². The van der Waals surface area contributed by atoms with Crippen LogP contribution in [-0.4, -0.2) is 26.1 Å². The number of para-hydroxylation sites is 1. The van der Waals surface area contributed by atoms with Crippen LogP contribution in [0.15, 0.2) is 24.3 Å². The van der Waals surface area contributed by atoms with Crippen molar-refractivity contribution < 1.29 is 36.6 Å². The molecule has 0 atom stereocenters. The molecule has 0 heterocycles. The fraction of sp³-hybridized carbons (Fsp3) is 0.125. The smallest absolute Gasteiger partial charge is 0.339 e. The first kappa shape index (κ1) is 18.2. The third kappa shape index (κ3) is 3.25. The van der Waals surface area contributed by atoms with Gasteiger partial charge in [0.25, 0.3) is 5.91 Å². The third-order valence-electron chi connectivity index (χ3n) is 3.23. The number of methoxy groups -OCH3 is 2. The van der Waals surface area contributed by atoms with Crippen LogP contribution >= 0.6 is 0 Å². The van der Waals surface area contributed by atoms with Gasteiger partial charge in [-0.2, -0.15) is 8.78 Å². The monoisotopic (exact) mass is 357 g/mol. The molecule has 0 spiro atoms. The van der Waals surface area contributed by atoms with Crippen LogP contribution in [-0.2, 0) is 4.74 Å². The summed E-state index contributed by atoms with van der Waals surface area (Å²) in [5.41, 5.74) is -1.76. The van der Waals surface area contributed by atoms with Gasteiger partial charge in [-0.15, -0.1) is 0 Å². The minimum Gasteiger partial charge on any atom is -0.491 e. The molecule has 0 bridgehead atoms. The number of esters is 1. The molecule has 0 saturated carbocycles. The molecule has 0 aliphatic rings. The first-order valence-electron chi connectivity index (χ1n) is 6.72. The first-order valence-corrected chi connectivity index (χ1v) is 6.72. The Morgan fingerprint density at radius 3 is 2.00 bits per heavy atom.